The summed E-state index contributed by atoms with van der Waals surface area (Å²) in [6.45, 7) is 14.1. The molecule has 0 bridgehead atoms. The van der Waals surface area contributed by atoms with Gasteiger partial charge in [0.05, 0.1) is 6.61 Å². The summed E-state index contributed by atoms with van der Waals surface area (Å²) in [5, 5.41) is 0. The van der Waals surface area contributed by atoms with Crippen molar-refractivity contribution in [1.82, 2.24) is 4.90 Å². The Morgan fingerprint density at radius 3 is 2.29 bits per heavy atom. The van der Waals surface area contributed by atoms with Gasteiger partial charge in [0.25, 0.3) is 0 Å². The van der Waals surface area contributed by atoms with E-state index in [-0.39, 0.29) is 0 Å². The number of hydrogen-bond donors (Lipinski definition) is 0. The van der Waals surface area contributed by atoms with Crippen LogP contribution in [0.3, 0.4) is 0 Å². The SMILES string of the molecule is COCCN1CCC(C(C)(C)CC(C)C)CC1. The summed E-state index contributed by atoms with van der Waals surface area (Å²) in [5.41, 5.74) is 0.515. The minimum atomic E-state index is 0.515. The van der Waals surface area contributed by atoms with Crippen molar-refractivity contribution in [3.8, 4) is 0 Å². The van der Waals surface area contributed by atoms with Crippen molar-refractivity contribution in [2.45, 2.75) is 47.0 Å². The van der Waals surface area contributed by atoms with Gasteiger partial charge in [-0.15, -0.1) is 0 Å². The third-order valence-corrected chi connectivity index (χ3v) is 4.24. The van der Waals surface area contributed by atoms with Gasteiger partial charge in [0.15, 0.2) is 0 Å². The number of hydrogen-bond acceptors (Lipinski definition) is 2. The first kappa shape index (κ1) is 15.0. The largest absolute Gasteiger partial charge is 0.383 e. The molecule has 102 valence electrons. The number of nitrogens with zero attached hydrogens (tertiary/aromatic N) is 1. The molecular formula is C15H31NO. The van der Waals surface area contributed by atoms with E-state index < -0.39 is 0 Å². The van der Waals surface area contributed by atoms with Crippen LogP contribution in [-0.4, -0.2) is 38.3 Å². The fraction of sp³-hybridized carbons (Fsp3) is 1.00. The lowest BCUT2D eigenvalue weighted by Crippen LogP contribution is -2.40. The zero-order chi connectivity index (χ0) is 12.9. The maximum atomic E-state index is 5.15. The second kappa shape index (κ2) is 6.75. The average Bonchev–Trinajstić information content (AvgIpc) is 2.25. The molecular weight excluding hydrogens is 210 g/mol. The van der Waals surface area contributed by atoms with Gasteiger partial charge in [-0.1, -0.05) is 27.7 Å². The van der Waals surface area contributed by atoms with E-state index in [4.69, 9.17) is 4.74 Å². The Labute approximate surface area is 108 Å². The van der Waals surface area contributed by atoms with Crippen LogP contribution in [-0.2, 0) is 4.74 Å². The Morgan fingerprint density at radius 1 is 1.24 bits per heavy atom. The van der Waals surface area contributed by atoms with Crippen LogP contribution in [0.15, 0.2) is 0 Å². The third-order valence-electron chi connectivity index (χ3n) is 4.24. The number of piperidine rings is 1. The fourth-order valence-electron chi connectivity index (χ4n) is 3.38. The normalized spacial score (nSPS) is 20.1. The van der Waals surface area contributed by atoms with Crippen molar-refractivity contribution in [2.24, 2.45) is 17.3 Å². The molecule has 0 aromatic carbocycles. The Balaban J connectivity index is 2.35. The fourth-order valence-corrected chi connectivity index (χ4v) is 3.38. The standard InChI is InChI=1S/C15H31NO/c1-13(2)12-15(3,4)14-6-8-16(9-7-14)10-11-17-5/h13-14H,6-12H2,1-5H3. The summed E-state index contributed by atoms with van der Waals surface area (Å²) in [4.78, 5) is 2.55. The van der Waals surface area contributed by atoms with E-state index in [0.717, 1.165) is 25.0 Å². The smallest absolute Gasteiger partial charge is 0.0589 e. The maximum absolute atomic E-state index is 5.15. The van der Waals surface area contributed by atoms with Gasteiger partial charge in [0, 0.05) is 13.7 Å². The number of rotatable bonds is 6. The van der Waals surface area contributed by atoms with Gasteiger partial charge in [-0.2, -0.15) is 0 Å². The molecule has 2 heteroatoms. The summed E-state index contributed by atoms with van der Waals surface area (Å²) in [6.07, 6.45) is 4.09. The highest BCUT2D eigenvalue weighted by atomic mass is 16.5. The van der Waals surface area contributed by atoms with Crippen LogP contribution in [0.1, 0.15) is 47.0 Å². The summed E-state index contributed by atoms with van der Waals surface area (Å²) in [6, 6.07) is 0. The van der Waals surface area contributed by atoms with Crippen molar-refractivity contribution in [3.05, 3.63) is 0 Å². The summed E-state index contributed by atoms with van der Waals surface area (Å²) in [7, 11) is 1.79. The van der Waals surface area contributed by atoms with Gasteiger partial charge < -0.3 is 9.64 Å². The van der Waals surface area contributed by atoms with Crippen LogP contribution < -0.4 is 0 Å². The maximum Gasteiger partial charge on any atom is 0.0589 e. The van der Waals surface area contributed by atoms with E-state index in [0.29, 0.717) is 5.41 Å². The molecule has 0 N–H and O–H groups in total. The van der Waals surface area contributed by atoms with E-state index in [1.807, 2.05) is 0 Å². The van der Waals surface area contributed by atoms with Crippen LogP contribution in [0.5, 0.6) is 0 Å². The van der Waals surface area contributed by atoms with Gasteiger partial charge in [0.1, 0.15) is 0 Å². The Bertz CT molecular complexity index is 205. The molecule has 0 spiro atoms. The van der Waals surface area contributed by atoms with Crippen LogP contribution in [0, 0.1) is 17.3 Å². The molecule has 1 fully saturated rings. The molecule has 0 aromatic heterocycles. The van der Waals surface area contributed by atoms with E-state index in [2.05, 4.69) is 32.6 Å². The van der Waals surface area contributed by atoms with Crippen molar-refractivity contribution in [3.63, 3.8) is 0 Å². The lowest BCUT2D eigenvalue weighted by molar-refractivity contribution is 0.0682. The minimum Gasteiger partial charge on any atom is -0.383 e. The molecule has 2 nitrogen and oxygen atoms in total. The zero-order valence-electron chi connectivity index (χ0n) is 12.5. The Kier molecular flexibility index (Phi) is 5.94. The first-order chi connectivity index (χ1) is 7.95. The average molecular weight is 241 g/mol. The van der Waals surface area contributed by atoms with Crippen molar-refractivity contribution in [1.29, 1.82) is 0 Å². The lowest BCUT2D eigenvalue weighted by Gasteiger charge is -2.41. The van der Waals surface area contributed by atoms with E-state index in [9.17, 15) is 0 Å². The second-order valence-corrected chi connectivity index (χ2v) is 6.70. The van der Waals surface area contributed by atoms with Crippen molar-refractivity contribution >= 4 is 0 Å². The third kappa shape index (κ3) is 4.97. The predicted molar refractivity (Wildman–Crippen MR) is 74.3 cm³/mol. The monoisotopic (exact) mass is 241 g/mol. The topological polar surface area (TPSA) is 12.5 Å². The quantitative estimate of drug-likeness (QED) is 0.706. The molecule has 17 heavy (non-hydrogen) atoms. The summed E-state index contributed by atoms with van der Waals surface area (Å²) >= 11 is 0. The highest BCUT2D eigenvalue weighted by molar-refractivity contribution is 4.84. The van der Waals surface area contributed by atoms with Crippen molar-refractivity contribution < 1.29 is 4.74 Å². The molecule has 0 aliphatic carbocycles. The molecule has 1 rings (SSSR count). The van der Waals surface area contributed by atoms with Gasteiger partial charge in [0.2, 0.25) is 0 Å². The van der Waals surface area contributed by atoms with Gasteiger partial charge in [-0.3, -0.25) is 0 Å². The van der Waals surface area contributed by atoms with Gasteiger partial charge in [-0.25, -0.2) is 0 Å². The molecule has 0 unspecified atom stereocenters. The predicted octanol–water partition coefficient (Wildman–Crippen LogP) is 3.42. The molecule has 0 atom stereocenters. The van der Waals surface area contributed by atoms with E-state index in [1.165, 1.54) is 32.4 Å². The first-order valence-corrected chi connectivity index (χ1v) is 7.17. The summed E-state index contributed by atoms with van der Waals surface area (Å²) in [5.74, 6) is 1.72. The molecule has 0 amide bonds. The van der Waals surface area contributed by atoms with Crippen LogP contribution in [0.4, 0.5) is 0 Å². The minimum absolute atomic E-state index is 0.515. The molecule has 1 heterocycles. The zero-order valence-corrected chi connectivity index (χ0v) is 12.5. The number of methoxy groups -OCH3 is 1. The highest BCUT2D eigenvalue weighted by Gasteiger charge is 2.32. The molecule has 1 saturated heterocycles. The second-order valence-electron chi connectivity index (χ2n) is 6.70. The Morgan fingerprint density at radius 2 is 1.82 bits per heavy atom. The number of ether oxygens (including phenoxy) is 1. The van der Waals surface area contributed by atoms with Gasteiger partial charge in [-0.05, 0) is 49.6 Å². The lowest BCUT2D eigenvalue weighted by atomic mass is 9.69. The Hall–Kier alpha value is -0.0800. The van der Waals surface area contributed by atoms with Gasteiger partial charge >= 0.3 is 0 Å². The molecule has 0 aromatic rings. The van der Waals surface area contributed by atoms with E-state index >= 15 is 0 Å². The van der Waals surface area contributed by atoms with E-state index in [1.54, 1.807) is 7.11 Å². The molecule has 0 saturated carbocycles. The number of likely N-dealkylation sites (tertiary alicyclic amines) is 1. The molecule has 0 radical (unpaired) electrons. The van der Waals surface area contributed by atoms with Crippen LogP contribution >= 0.6 is 0 Å². The van der Waals surface area contributed by atoms with Crippen LogP contribution in [0.25, 0.3) is 0 Å². The van der Waals surface area contributed by atoms with Crippen LogP contribution in [0.2, 0.25) is 0 Å². The first-order valence-electron chi connectivity index (χ1n) is 7.17. The summed E-state index contributed by atoms with van der Waals surface area (Å²) < 4.78 is 5.15. The molecule has 1 aliphatic heterocycles. The van der Waals surface area contributed by atoms with Crippen molar-refractivity contribution in [2.75, 3.05) is 33.4 Å². The molecule has 1 aliphatic rings. The highest BCUT2D eigenvalue weighted by Crippen LogP contribution is 2.39.